The first-order valence-corrected chi connectivity index (χ1v) is 6.10. The number of hydrogen-bond acceptors (Lipinski definition) is 2. The van der Waals surface area contributed by atoms with Crippen molar-refractivity contribution in [3.05, 3.63) is 65.0 Å². The van der Waals surface area contributed by atoms with Crippen LogP contribution < -0.4 is 0 Å². The van der Waals surface area contributed by atoms with Gasteiger partial charge in [-0.2, -0.15) is 13.2 Å². The molecule has 2 nitrogen and oxygen atoms in total. The molecule has 0 heterocycles. The number of rotatable bonds is 3. The minimum atomic E-state index is -4.60. The van der Waals surface area contributed by atoms with Gasteiger partial charge in [-0.05, 0) is 35.9 Å². The zero-order chi connectivity index (χ0) is 15.6. The Morgan fingerprint density at radius 2 is 1.76 bits per heavy atom. The minimum absolute atomic E-state index is 0.0378. The van der Waals surface area contributed by atoms with E-state index in [9.17, 15) is 27.8 Å². The number of aliphatic hydroxyl groups is 1. The highest BCUT2D eigenvalue weighted by Gasteiger charge is 2.31. The number of phenolic OH excluding ortho intramolecular Hbond substituents is 1. The summed E-state index contributed by atoms with van der Waals surface area (Å²) in [4.78, 5) is 0. The number of halogens is 4. The molecule has 0 aliphatic carbocycles. The predicted octanol–water partition coefficient (Wildman–Crippen LogP) is 3.83. The van der Waals surface area contributed by atoms with Gasteiger partial charge < -0.3 is 10.2 Å². The van der Waals surface area contributed by atoms with Gasteiger partial charge in [0.2, 0.25) is 0 Å². The second kappa shape index (κ2) is 5.73. The summed E-state index contributed by atoms with van der Waals surface area (Å²) in [5.41, 5.74) is -0.957. The van der Waals surface area contributed by atoms with Crippen molar-refractivity contribution in [1.82, 2.24) is 0 Å². The molecule has 0 amide bonds. The lowest BCUT2D eigenvalue weighted by Crippen LogP contribution is -2.10. The largest absolute Gasteiger partial charge is 0.508 e. The van der Waals surface area contributed by atoms with E-state index in [4.69, 9.17) is 0 Å². The molecule has 0 saturated carbocycles. The van der Waals surface area contributed by atoms with E-state index < -0.39 is 29.2 Å². The van der Waals surface area contributed by atoms with E-state index in [0.29, 0.717) is 23.8 Å². The molecular formula is C15H12F4O2. The van der Waals surface area contributed by atoms with Crippen LogP contribution in [0.2, 0.25) is 0 Å². The van der Waals surface area contributed by atoms with Gasteiger partial charge in [-0.3, -0.25) is 0 Å². The van der Waals surface area contributed by atoms with Crippen LogP contribution in [0.15, 0.2) is 42.5 Å². The number of benzene rings is 2. The average Bonchev–Trinajstić information content (AvgIpc) is 2.37. The van der Waals surface area contributed by atoms with Gasteiger partial charge in [0, 0.05) is 12.0 Å². The SMILES string of the molecule is Oc1cccc(CC(O)c2cc(C(F)(F)F)ccc2F)c1. The summed E-state index contributed by atoms with van der Waals surface area (Å²) in [6.07, 6.45) is -6.14. The predicted molar refractivity (Wildman–Crippen MR) is 68.2 cm³/mol. The topological polar surface area (TPSA) is 40.5 Å². The lowest BCUT2D eigenvalue weighted by atomic mass is 9.99. The Labute approximate surface area is 118 Å². The lowest BCUT2D eigenvalue weighted by molar-refractivity contribution is -0.137. The Balaban J connectivity index is 2.28. The molecule has 112 valence electrons. The maximum absolute atomic E-state index is 13.6. The fourth-order valence-corrected chi connectivity index (χ4v) is 1.99. The summed E-state index contributed by atoms with van der Waals surface area (Å²) < 4.78 is 51.4. The fraction of sp³-hybridized carbons (Fsp3) is 0.200. The Hall–Kier alpha value is -2.08. The second-order valence-corrected chi connectivity index (χ2v) is 4.62. The van der Waals surface area contributed by atoms with Gasteiger partial charge in [0.15, 0.2) is 0 Å². The van der Waals surface area contributed by atoms with E-state index in [1.807, 2.05) is 0 Å². The van der Waals surface area contributed by atoms with Gasteiger partial charge in [-0.15, -0.1) is 0 Å². The van der Waals surface area contributed by atoms with Crippen molar-refractivity contribution < 1.29 is 27.8 Å². The Morgan fingerprint density at radius 1 is 1.05 bits per heavy atom. The highest BCUT2D eigenvalue weighted by atomic mass is 19.4. The first kappa shape index (κ1) is 15.3. The normalized spacial score (nSPS) is 13.2. The van der Waals surface area contributed by atoms with Crippen LogP contribution in [-0.2, 0) is 12.6 Å². The van der Waals surface area contributed by atoms with Gasteiger partial charge in [-0.1, -0.05) is 12.1 Å². The zero-order valence-electron chi connectivity index (χ0n) is 10.7. The Kier molecular flexibility index (Phi) is 4.18. The molecule has 0 bridgehead atoms. The molecule has 6 heteroatoms. The van der Waals surface area contributed by atoms with Crippen LogP contribution in [0.5, 0.6) is 5.75 Å². The van der Waals surface area contributed by atoms with Crippen LogP contribution in [-0.4, -0.2) is 10.2 Å². The van der Waals surface area contributed by atoms with E-state index >= 15 is 0 Å². The second-order valence-electron chi connectivity index (χ2n) is 4.62. The molecule has 21 heavy (non-hydrogen) atoms. The minimum Gasteiger partial charge on any atom is -0.508 e. The van der Waals surface area contributed by atoms with Crippen molar-refractivity contribution in [3.63, 3.8) is 0 Å². The summed E-state index contributed by atoms with van der Waals surface area (Å²) in [7, 11) is 0. The summed E-state index contributed by atoms with van der Waals surface area (Å²) in [6, 6.07) is 7.79. The number of aromatic hydroxyl groups is 1. The van der Waals surface area contributed by atoms with Crippen LogP contribution in [0, 0.1) is 5.82 Å². The maximum atomic E-state index is 13.6. The summed E-state index contributed by atoms with van der Waals surface area (Å²) >= 11 is 0. The highest BCUT2D eigenvalue weighted by Crippen LogP contribution is 2.32. The van der Waals surface area contributed by atoms with Crippen LogP contribution in [0.1, 0.15) is 22.8 Å². The van der Waals surface area contributed by atoms with E-state index in [2.05, 4.69) is 0 Å². The average molecular weight is 300 g/mol. The van der Waals surface area contributed by atoms with E-state index in [-0.39, 0.29) is 12.2 Å². The van der Waals surface area contributed by atoms with Gasteiger partial charge in [0.25, 0.3) is 0 Å². The third kappa shape index (κ3) is 3.72. The summed E-state index contributed by atoms with van der Waals surface area (Å²) in [6.45, 7) is 0. The van der Waals surface area contributed by atoms with E-state index in [1.165, 1.54) is 18.2 Å². The molecule has 0 aliphatic rings. The van der Waals surface area contributed by atoms with Crippen molar-refractivity contribution in [3.8, 4) is 5.75 Å². The molecule has 0 saturated heterocycles. The van der Waals surface area contributed by atoms with Crippen molar-refractivity contribution in [2.45, 2.75) is 18.7 Å². The first-order chi connectivity index (χ1) is 9.77. The number of hydrogen-bond donors (Lipinski definition) is 2. The third-order valence-electron chi connectivity index (χ3n) is 3.02. The monoisotopic (exact) mass is 300 g/mol. The summed E-state index contributed by atoms with van der Waals surface area (Å²) in [5.74, 6) is -0.945. The molecule has 2 rings (SSSR count). The number of aliphatic hydroxyl groups excluding tert-OH is 1. The van der Waals surface area contributed by atoms with Crippen LogP contribution in [0.3, 0.4) is 0 Å². The molecule has 2 aromatic carbocycles. The smallest absolute Gasteiger partial charge is 0.416 e. The van der Waals surface area contributed by atoms with E-state index in [1.54, 1.807) is 6.07 Å². The molecule has 0 fully saturated rings. The molecule has 0 radical (unpaired) electrons. The van der Waals surface area contributed by atoms with Crippen LogP contribution >= 0.6 is 0 Å². The maximum Gasteiger partial charge on any atom is 0.416 e. The molecular weight excluding hydrogens is 288 g/mol. The fourth-order valence-electron chi connectivity index (χ4n) is 1.99. The third-order valence-corrected chi connectivity index (χ3v) is 3.02. The Morgan fingerprint density at radius 3 is 2.38 bits per heavy atom. The Bertz CT molecular complexity index is 638. The molecule has 0 spiro atoms. The van der Waals surface area contributed by atoms with Gasteiger partial charge >= 0.3 is 6.18 Å². The molecule has 2 N–H and O–H groups in total. The lowest BCUT2D eigenvalue weighted by Gasteiger charge is -2.15. The van der Waals surface area contributed by atoms with E-state index in [0.717, 1.165) is 0 Å². The van der Waals surface area contributed by atoms with Crippen molar-refractivity contribution in [1.29, 1.82) is 0 Å². The number of alkyl halides is 3. The highest BCUT2D eigenvalue weighted by molar-refractivity contribution is 5.32. The molecule has 2 aromatic rings. The molecule has 1 atom stereocenters. The van der Waals surface area contributed by atoms with Crippen molar-refractivity contribution in [2.24, 2.45) is 0 Å². The molecule has 0 aliphatic heterocycles. The molecule has 0 aromatic heterocycles. The first-order valence-electron chi connectivity index (χ1n) is 6.10. The van der Waals surface area contributed by atoms with Crippen molar-refractivity contribution in [2.75, 3.05) is 0 Å². The van der Waals surface area contributed by atoms with Gasteiger partial charge in [-0.25, -0.2) is 4.39 Å². The van der Waals surface area contributed by atoms with Gasteiger partial charge in [0.05, 0.1) is 11.7 Å². The zero-order valence-corrected chi connectivity index (χ0v) is 10.7. The van der Waals surface area contributed by atoms with Crippen LogP contribution in [0.4, 0.5) is 17.6 Å². The van der Waals surface area contributed by atoms with Crippen LogP contribution in [0.25, 0.3) is 0 Å². The standard InChI is InChI=1S/C15H12F4O2/c16-13-5-4-10(15(17,18)19)8-12(13)14(21)7-9-2-1-3-11(20)6-9/h1-6,8,14,20-21H,7H2. The number of phenols is 1. The van der Waals surface area contributed by atoms with Gasteiger partial charge in [0.1, 0.15) is 11.6 Å². The quantitative estimate of drug-likeness (QED) is 0.846. The summed E-state index contributed by atoms with van der Waals surface area (Å²) in [5, 5.41) is 19.2. The van der Waals surface area contributed by atoms with Crippen molar-refractivity contribution >= 4 is 0 Å². The molecule has 1 unspecified atom stereocenters.